The molecule has 0 fully saturated rings. The fraction of sp³-hybridized carbons (Fsp3) is 0.0952. The number of benzene rings is 2. The molecule has 3 rings (SSSR count). The third kappa shape index (κ3) is 5.01. The number of esters is 1. The summed E-state index contributed by atoms with van der Waals surface area (Å²) < 4.78 is 4.69. The average Bonchev–Trinajstić information content (AvgIpc) is 2.74. The summed E-state index contributed by atoms with van der Waals surface area (Å²) in [5, 5.41) is 5.69. The molecule has 8 nitrogen and oxygen atoms in total. The number of hydrogen-bond donors (Lipinski definition) is 2. The Hall–Kier alpha value is -4.07. The van der Waals surface area contributed by atoms with E-state index in [1.165, 1.54) is 26.4 Å². The lowest BCUT2D eigenvalue weighted by Gasteiger charge is -2.08. The Labute approximate surface area is 167 Å². The van der Waals surface area contributed by atoms with Crippen molar-refractivity contribution in [3.63, 3.8) is 0 Å². The molecule has 0 saturated heterocycles. The van der Waals surface area contributed by atoms with E-state index in [-0.39, 0.29) is 11.5 Å². The molecule has 1 heterocycles. The van der Waals surface area contributed by atoms with E-state index in [4.69, 9.17) is 4.74 Å². The number of Topliss-reactive ketones (excluding diaryl/α,β-unsaturated/α-hetero) is 1. The molecule has 1 aromatic heterocycles. The molecule has 0 spiro atoms. The molecule has 3 aromatic rings. The van der Waals surface area contributed by atoms with Crippen LogP contribution < -0.4 is 10.6 Å². The molecule has 0 bridgehead atoms. The number of hydrogen-bond acceptors (Lipinski definition) is 7. The Kier molecular flexibility index (Phi) is 5.94. The second-order valence-corrected chi connectivity index (χ2v) is 6.08. The topological polar surface area (TPSA) is 110 Å². The van der Waals surface area contributed by atoms with Crippen molar-refractivity contribution in [1.29, 1.82) is 0 Å². The van der Waals surface area contributed by atoms with Gasteiger partial charge >= 0.3 is 5.97 Å². The number of ether oxygens (including phenoxy) is 1. The van der Waals surface area contributed by atoms with Gasteiger partial charge < -0.3 is 15.4 Å². The smallest absolute Gasteiger partial charge is 0.337 e. The van der Waals surface area contributed by atoms with E-state index in [0.717, 1.165) is 0 Å². The Morgan fingerprint density at radius 2 is 1.59 bits per heavy atom. The second-order valence-electron chi connectivity index (χ2n) is 6.08. The molecule has 0 atom stereocenters. The van der Waals surface area contributed by atoms with Crippen molar-refractivity contribution in [2.24, 2.45) is 0 Å². The van der Waals surface area contributed by atoms with Gasteiger partial charge in [0.05, 0.1) is 25.1 Å². The Morgan fingerprint density at radius 1 is 0.897 bits per heavy atom. The van der Waals surface area contributed by atoms with Crippen LogP contribution in [0.15, 0.2) is 60.9 Å². The van der Waals surface area contributed by atoms with Gasteiger partial charge in [0, 0.05) is 16.9 Å². The van der Waals surface area contributed by atoms with E-state index in [1.54, 1.807) is 48.5 Å². The third-order valence-corrected chi connectivity index (χ3v) is 3.97. The zero-order chi connectivity index (χ0) is 20.8. The van der Waals surface area contributed by atoms with Crippen molar-refractivity contribution in [2.45, 2.75) is 6.92 Å². The molecule has 0 radical (unpaired) electrons. The number of rotatable bonds is 6. The highest BCUT2D eigenvalue weighted by Crippen LogP contribution is 2.17. The minimum absolute atomic E-state index is 0.0902. The number of amides is 1. The number of anilines is 3. The molecule has 0 aliphatic rings. The van der Waals surface area contributed by atoms with Crippen LogP contribution in [0.25, 0.3) is 0 Å². The fourth-order valence-corrected chi connectivity index (χ4v) is 2.51. The van der Waals surface area contributed by atoms with Crippen molar-refractivity contribution in [3.8, 4) is 0 Å². The largest absolute Gasteiger partial charge is 0.465 e. The minimum atomic E-state index is -0.447. The molecule has 2 N–H and O–H groups in total. The highest BCUT2D eigenvalue weighted by atomic mass is 16.5. The van der Waals surface area contributed by atoms with Gasteiger partial charge in [0.1, 0.15) is 11.5 Å². The van der Waals surface area contributed by atoms with Crippen molar-refractivity contribution < 1.29 is 19.1 Å². The quantitative estimate of drug-likeness (QED) is 0.490. The van der Waals surface area contributed by atoms with Crippen molar-refractivity contribution in [2.75, 3.05) is 17.7 Å². The Morgan fingerprint density at radius 3 is 2.24 bits per heavy atom. The molecule has 8 heteroatoms. The van der Waals surface area contributed by atoms with E-state index >= 15 is 0 Å². The standard InChI is InChI=1S/C21H18N4O4/c1-13(26)14-5-3-8-17(9-14)25-20(27)18-11-23-19(12-22-18)24-16-7-4-6-15(10-16)21(28)29-2/h3-12H,1-2H3,(H,23,24)(H,25,27). The van der Waals surface area contributed by atoms with Crippen LogP contribution in [0.1, 0.15) is 38.1 Å². The first kappa shape index (κ1) is 19.7. The summed E-state index contributed by atoms with van der Waals surface area (Å²) in [6, 6.07) is 13.4. The van der Waals surface area contributed by atoms with Gasteiger partial charge in [-0.05, 0) is 37.3 Å². The summed E-state index contributed by atoms with van der Waals surface area (Å²) in [4.78, 5) is 43.7. The summed E-state index contributed by atoms with van der Waals surface area (Å²) in [6.07, 6.45) is 2.74. The maximum atomic E-state index is 12.3. The van der Waals surface area contributed by atoms with E-state index in [1.807, 2.05) is 0 Å². The van der Waals surface area contributed by atoms with Crippen LogP contribution in [0, 0.1) is 0 Å². The molecule has 29 heavy (non-hydrogen) atoms. The second kappa shape index (κ2) is 8.75. The molecule has 0 unspecified atom stereocenters. The number of carbonyl (C=O) groups is 3. The van der Waals surface area contributed by atoms with E-state index < -0.39 is 11.9 Å². The molecular weight excluding hydrogens is 372 g/mol. The summed E-state index contributed by atoms with van der Waals surface area (Å²) in [6.45, 7) is 1.46. The molecule has 146 valence electrons. The summed E-state index contributed by atoms with van der Waals surface area (Å²) in [5.41, 5.74) is 2.13. The number of nitrogens with one attached hydrogen (secondary N) is 2. The summed E-state index contributed by atoms with van der Waals surface area (Å²) >= 11 is 0. The van der Waals surface area contributed by atoms with Gasteiger partial charge in [0.25, 0.3) is 5.91 Å². The summed E-state index contributed by atoms with van der Waals surface area (Å²) in [7, 11) is 1.31. The van der Waals surface area contributed by atoms with Crippen molar-refractivity contribution in [1.82, 2.24) is 9.97 Å². The molecular formula is C21H18N4O4. The molecule has 0 aliphatic carbocycles. The Balaban J connectivity index is 1.68. The SMILES string of the molecule is COC(=O)c1cccc(Nc2cnc(C(=O)Nc3cccc(C(C)=O)c3)cn2)c1. The lowest BCUT2D eigenvalue weighted by molar-refractivity contribution is 0.0600. The number of nitrogens with zero attached hydrogens (tertiary/aromatic N) is 2. The van der Waals surface area contributed by atoms with Gasteiger partial charge in [-0.15, -0.1) is 0 Å². The van der Waals surface area contributed by atoms with Crippen LogP contribution in [-0.4, -0.2) is 34.7 Å². The number of aromatic nitrogens is 2. The average molecular weight is 390 g/mol. The maximum absolute atomic E-state index is 12.3. The first-order valence-corrected chi connectivity index (χ1v) is 8.66. The monoisotopic (exact) mass is 390 g/mol. The van der Waals surface area contributed by atoms with Crippen LogP contribution in [0.5, 0.6) is 0 Å². The van der Waals surface area contributed by atoms with Gasteiger partial charge in [-0.25, -0.2) is 14.8 Å². The van der Waals surface area contributed by atoms with Gasteiger partial charge in [0.15, 0.2) is 5.78 Å². The summed E-state index contributed by atoms with van der Waals surface area (Å²) in [5.74, 6) is -0.576. The van der Waals surface area contributed by atoms with Crippen LogP contribution >= 0.6 is 0 Å². The maximum Gasteiger partial charge on any atom is 0.337 e. The van der Waals surface area contributed by atoms with Gasteiger partial charge in [-0.1, -0.05) is 18.2 Å². The van der Waals surface area contributed by atoms with Crippen LogP contribution in [-0.2, 0) is 4.74 Å². The molecule has 2 aromatic carbocycles. The van der Waals surface area contributed by atoms with Gasteiger partial charge in [0.2, 0.25) is 0 Å². The fourth-order valence-electron chi connectivity index (χ4n) is 2.51. The van der Waals surface area contributed by atoms with Crippen LogP contribution in [0.2, 0.25) is 0 Å². The van der Waals surface area contributed by atoms with Crippen LogP contribution in [0.3, 0.4) is 0 Å². The Bertz CT molecular complexity index is 1060. The van der Waals surface area contributed by atoms with E-state index in [2.05, 4.69) is 20.6 Å². The van der Waals surface area contributed by atoms with Gasteiger partial charge in [-0.2, -0.15) is 0 Å². The highest BCUT2D eigenvalue weighted by Gasteiger charge is 2.10. The third-order valence-electron chi connectivity index (χ3n) is 3.97. The van der Waals surface area contributed by atoms with E-state index in [9.17, 15) is 14.4 Å². The number of carbonyl (C=O) groups excluding carboxylic acids is 3. The normalized spacial score (nSPS) is 10.1. The highest BCUT2D eigenvalue weighted by molar-refractivity contribution is 6.03. The first-order valence-electron chi connectivity index (χ1n) is 8.66. The number of ketones is 1. The first-order chi connectivity index (χ1) is 14.0. The van der Waals surface area contributed by atoms with Crippen molar-refractivity contribution in [3.05, 3.63) is 77.7 Å². The predicted molar refractivity (Wildman–Crippen MR) is 107 cm³/mol. The minimum Gasteiger partial charge on any atom is -0.465 e. The van der Waals surface area contributed by atoms with Crippen molar-refractivity contribution >= 4 is 34.9 Å². The number of methoxy groups -OCH3 is 1. The molecule has 1 amide bonds. The van der Waals surface area contributed by atoms with E-state index in [0.29, 0.717) is 28.3 Å². The zero-order valence-electron chi connectivity index (χ0n) is 15.8. The van der Waals surface area contributed by atoms with Gasteiger partial charge in [-0.3, -0.25) is 9.59 Å². The lowest BCUT2D eigenvalue weighted by Crippen LogP contribution is -2.14. The van der Waals surface area contributed by atoms with Crippen LogP contribution in [0.4, 0.5) is 17.2 Å². The molecule has 0 saturated carbocycles. The molecule has 0 aliphatic heterocycles. The lowest BCUT2D eigenvalue weighted by atomic mass is 10.1. The zero-order valence-corrected chi connectivity index (χ0v) is 15.8. The predicted octanol–water partition coefficient (Wildman–Crippen LogP) is 3.46.